The van der Waals surface area contributed by atoms with Gasteiger partial charge in [0, 0.05) is 50.4 Å². The highest BCUT2D eigenvalue weighted by Crippen LogP contribution is 2.19. The Morgan fingerprint density at radius 1 is 0.923 bits per heavy atom. The number of aromatic carboxylic acids is 1. The zero-order valence-electron chi connectivity index (χ0n) is 23.2. The number of carbonyl (C=O) groups excluding carboxylic acids is 1. The van der Waals surface area contributed by atoms with Crippen molar-refractivity contribution in [1.82, 2.24) is 20.0 Å². The van der Waals surface area contributed by atoms with Crippen LogP contribution in [0.5, 0.6) is 5.75 Å². The van der Waals surface area contributed by atoms with Gasteiger partial charge in [0.25, 0.3) is 0 Å². The third kappa shape index (κ3) is 8.07. The number of nitrogens with zero attached hydrogens (tertiary/aromatic N) is 3. The molecule has 1 aliphatic rings. The number of H-pyrrole nitrogens is 1. The van der Waals surface area contributed by atoms with Gasteiger partial charge in [-0.25, -0.2) is 9.59 Å². The van der Waals surface area contributed by atoms with Crippen LogP contribution in [0.25, 0.3) is 0 Å². The molecule has 1 aliphatic heterocycles. The number of ether oxygens (including phenoxy) is 2. The molecule has 2 N–H and O–H groups in total. The molecule has 1 amide bonds. The quantitative estimate of drug-likeness (QED) is 0.415. The molecule has 1 fully saturated rings. The average molecular weight is 535 g/mol. The van der Waals surface area contributed by atoms with Crippen LogP contribution >= 0.6 is 0 Å². The minimum atomic E-state index is -1.02. The lowest BCUT2D eigenvalue weighted by atomic mass is 9.99. The summed E-state index contributed by atoms with van der Waals surface area (Å²) < 4.78 is 11.4. The number of carboxylic acids is 1. The number of rotatable bonds is 9. The number of aromatic nitrogens is 2. The second-order valence-electron chi connectivity index (χ2n) is 11.0. The highest BCUT2D eigenvalue weighted by atomic mass is 16.6. The number of carbonyl (C=O) groups is 2. The summed E-state index contributed by atoms with van der Waals surface area (Å²) in [6.45, 7) is 11.8. The Labute approximate surface area is 229 Å². The molecule has 2 heterocycles. The van der Waals surface area contributed by atoms with Gasteiger partial charge in [-0.1, -0.05) is 36.4 Å². The zero-order chi connectivity index (χ0) is 28.0. The molecule has 208 valence electrons. The van der Waals surface area contributed by atoms with Crippen molar-refractivity contribution in [3.05, 3.63) is 82.2 Å². The first-order valence-corrected chi connectivity index (χ1v) is 13.3. The Kier molecular flexibility index (Phi) is 8.91. The highest BCUT2D eigenvalue weighted by Gasteiger charge is 2.25. The van der Waals surface area contributed by atoms with Crippen molar-refractivity contribution in [3.63, 3.8) is 0 Å². The molecule has 0 saturated carbocycles. The van der Waals surface area contributed by atoms with Crippen LogP contribution in [0.15, 0.2) is 48.5 Å². The summed E-state index contributed by atoms with van der Waals surface area (Å²) in [6.07, 6.45) is 1.08. The maximum atomic E-state index is 12.2. The van der Waals surface area contributed by atoms with Crippen LogP contribution in [-0.4, -0.2) is 82.1 Å². The van der Waals surface area contributed by atoms with Crippen LogP contribution in [0.4, 0.5) is 4.79 Å². The first-order valence-electron chi connectivity index (χ1n) is 13.3. The molecule has 0 unspecified atom stereocenters. The molecule has 9 heteroatoms. The molecular weight excluding hydrogens is 496 g/mol. The van der Waals surface area contributed by atoms with Gasteiger partial charge in [0.1, 0.15) is 18.0 Å². The summed E-state index contributed by atoms with van der Waals surface area (Å²) in [5, 5.41) is 16.0. The Balaban J connectivity index is 1.20. The van der Waals surface area contributed by atoms with Crippen LogP contribution in [0, 0.1) is 6.92 Å². The zero-order valence-corrected chi connectivity index (χ0v) is 23.2. The van der Waals surface area contributed by atoms with Crippen molar-refractivity contribution >= 4 is 12.1 Å². The SMILES string of the molecule is Cc1[nH]nc(C(=O)O)c1Cc1ccc(Cc2ccc(OCCN3CCN(C(=O)OC(C)(C)C)CC3)cc2)cc1. The third-order valence-electron chi connectivity index (χ3n) is 6.71. The molecular formula is C30H38N4O5. The van der Waals surface area contributed by atoms with E-state index in [-0.39, 0.29) is 11.8 Å². The molecule has 0 bridgehead atoms. The van der Waals surface area contributed by atoms with E-state index in [1.54, 1.807) is 4.90 Å². The third-order valence-corrected chi connectivity index (χ3v) is 6.71. The second kappa shape index (κ2) is 12.3. The monoisotopic (exact) mass is 534 g/mol. The summed E-state index contributed by atoms with van der Waals surface area (Å²) in [6, 6.07) is 16.4. The summed E-state index contributed by atoms with van der Waals surface area (Å²) in [5.41, 5.74) is 4.51. The van der Waals surface area contributed by atoms with E-state index in [9.17, 15) is 14.7 Å². The van der Waals surface area contributed by atoms with Gasteiger partial charge in [-0.3, -0.25) is 10.00 Å². The predicted octanol–water partition coefficient (Wildman–Crippen LogP) is 4.53. The van der Waals surface area contributed by atoms with Gasteiger partial charge in [-0.2, -0.15) is 5.10 Å². The second-order valence-corrected chi connectivity index (χ2v) is 11.0. The topological polar surface area (TPSA) is 108 Å². The van der Waals surface area contributed by atoms with Crippen LogP contribution in [0.1, 0.15) is 59.2 Å². The standard InChI is InChI=1S/C30H38N4O5/c1-21-26(27(28(35)36)32-31-21)20-24-7-5-22(6-8-24)19-23-9-11-25(12-10-23)38-18-17-33-13-15-34(16-14-33)29(37)39-30(2,3)4/h5-12H,13-20H2,1-4H3,(H,31,32)(H,35,36). The first kappa shape index (κ1) is 28.2. The summed E-state index contributed by atoms with van der Waals surface area (Å²) in [5.74, 6) is -0.178. The molecule has 4 rings (SSSR count). The molecule has 3 aromatic rings. The lowest BCUT2D eigenvalue weighted by Gasteiger charge is -2.35. The van der Waals surface area contributed by atoms with E-state index in [1.807, 2.05) is 52.0 Å². The van der Waals surface area contributed by atoms with Crippen LogP contribution in [0.2, 0.25) is 0 Å². The number of aromatic amines is 1. The molecule has 0 spiro atoms. The van der Waals surface area contributed by atoms with E-state index in [0.717, 1.165) is 43.1 Å². The number of hydrogen-bond acceptors (Lipinski definition) is 6. The lowest BCUT2D eigenvalue weighted by molar-refractivity contribution is 0.0137. The number of benzene rings is 2. The molecule has 2 aromatic carbocycles. The van der Waals surface area contributed by atoms with Gasteiger partial charge in [0.15, 0.2) is 5.69 Å². The summed E-state index contributed by atoms with van der Waals surface area (Å²) >= 11 is 0. The van der Waals surface area contributed by atoms with Crippen molar-refractivity contribution in [2.75, 3.05) is 39.3 Å². The van der Waals surface area contributed by atoms with Gasteiger partial charge in [-0.15, -0.1) is 0 Å². The Hall–Kier alpha value is -3.85. The fourth-order valence-corrected chi connectivity index (χ4v) is 4.54. The van der Waals surface area contributed by atoms with Crippen LogP contribution in [0.3, 0.4) is 0 Å². The van der Waals surface area contributed by atoms with E-state index < -0.39 is 11.6 Å². The van der Waals surface area contributed by atoms with E-state index in [2.05, 4.69) is 39.4 Å². The molecule has 0 radical (unpaired) electrons. The largest absolute Gasteiger partial charge is 0.492 e. The number of piperazine rings is 1. The fourth-order valence-electron chi connectivity index (χ4n) is 4.54. The van der Waals surface area contributed by atoms with E-state index in [0.29, 0.717) is 31.7 Å². The van der Waals surface area contributed by atoms with Crippen molar-refractivity contribution < 1.29 is 24.2 Å². The van der Waals surface area contributed by atoms with Gasteiger partial charge >= 0.3 is 12.1 Å². The van der Waals surface area contributed by atoms with Gasteiger partial charge < -0.3 is 19.5 Å². The fraction of sp³-hybridized carbons (Fsp3) is 0.433. The van der Waals surface area contributed by atoms with E-state index >= 15 is 0 Å². The number of nitrogens with one attached hydrogen (secondary N) is 1. The smallest absolute Gasteiger partial charge is 0.410 e. The number of amides is 1. The highest BCUT2D eigenvalue weighted by molar-refractivity contribution is 5.87. The molecule has 9 nitrogen and oxygen atoms in total. The first-order chi connectivity index (χ1) is 18.6. The van der Waals surface area contributed by atoms with Crippen molar-refractivity contribution in [2.24, 2.45) is 0 Å². The van der Waals surface area contributed by atoms with Gasteiger partial charge in [0.05, 0.1) is 0 Å². The van der Waals surface area contributed by atoms with Crippen molar-refractivity contribution in [3.8, 4) is 5.75 Å². The maximum Gasteiger partial charge on any atom is 0.410 e. The normalized spacial score (nSPS) is 14.3. The summed E-state index contributed by atoms with van der Waals surface area (Å²) in [4.78, 5) is 27.7. The lowest BCUT2D eigenvalue weighted by Crippen LogP contribution is -2.50. The van der Waals surface area contributed by atoms with Crippen LogP contribution < -0.4 is 4.74 Å². The number of aryl methyl sites for hydroxylation is 1. The van der Waals surface area contributed by atoms with E-state index in [1.165, 1.54) is 11.1 Å². The minimum absolute atomic E-state index is 0.0830. The van der Waals surface area contributed by atoms with Gasteiger partial charge in [-0.05, 0) is 62.9 Å². The molecule has 0 atom stereocenters. The molecule has 1 aromatic heterocycles. The minimum Gasteiger partial charge on any atom is -0.492 e. The molecule has 1 saturated heterocycles. The Morgan fingerprint density at radius 3 is 2.05 bits per heavy atom. The van der Waals surface area contributed by atoms with Crippen molar-refractivity contribution in [1.29, 1.82) is 0 Å². The number of carboxylic acid groups (broad SMARTS) is 1. The Bertz CT molecular complexity index is 1250. The summed E-state index contributed by atoms with van der Waals surface area (Å²) in [7, 11) is 0. The molecule has 0 aliphatic carbocycles. The maximum absolute atomic E-state index is 12.2. The van der Waals surface area contributed by atoms with Crippen molar-refractivity contribution in [2.45, 2.75) is 46.1 Å². The molecule has 39 heavy (non-hydrogen) atoms. The Morgan fingerprint density at radius 2 is 1.49 bits per heavy atom. The predicted molar refractivity (Wildman–Crippen MR) is 149 cm³/mol. The van der Waals surface area contributed by atoms with Gasteiger partial charge in [0.2, 0.25) is 0 Å². The average Bonchev–Trinajstić information content (AvgIpc) is 3.26. The van der Waals surface area contributed by atoms with Crippen LogP contribution in [-0.2, 0) is 17.6 Å². The number of hydrogen-bond donors (Lipinski definition) is 2. The van der Waals surface area contributed by atoms with E-state index in [4.69, 9.17) is 9.47 Å².